The van der Waals surface area contributed by atoms with E-state index in [4.69, 9.17) is 9.47 Å². The van der Waals surface area contributed by atoms with Gasteiger partial charge in [-0.15, -0.1) is 0 Å². The number of carbonyl (C=O) groups is 1. The summed E-state index contributed by atoms with van der Waals surface area (Å²) in [5.41, 5.74) is 0.753. The zero-order valence-corrected chi connectivity index (χ0v) is 13.9. The van der Waals surface area contributed by atoms with Gasteiger partial charge in [-0.25, -0.2) is 0 Å². The van der Waals surface area contributed by atoms with Crippen molar-refractivity contribution in [1.29, 1.82) is 0 Å². The van der Waals surface area contributed by atoms with Crippen LogP contribution in [-0.2, 0) is 16.1 Å². The van der Waals surface area contributed by atoms with Gasteiger partial charge in [0, 0.05) is 6.42 Å². The SMILES string of the molecule is COc1ccc(COC(=O)CCCCCCC(C)C)cc1O. The Morgan fingerprint density at radius 2 is 1.91 bits per heavy atom. The van der Waals surface area contributed by atoms with Crippen LogP contribution in [0.4, 0.5) is 0 Å². The van der Waals surface area contributed by atoms with Gasteiger partial charge in [0.25, 0.3) is 0 Å². The molecule has 0 unspecified atom stereocenters. The predicted molar refractivity (Wildman–Crippen MR) is 87.0 cm³/mol. The Bertz CT molecular complexity index is 454. The molecular weight excluding hydrogens is 280 g/mol. The lowest BCUT2D eigenvalue weighted by Crippen LogP contribution is -2.04. The van der Waals surface area contributed by atoms with Crippen molar-refractivity contribution < 1.29 is 19.4 Å². The first-order valence-electron chi connectivity index (χ1n) is 8.04. The molecule has 0 saturated carbocycles. The molecule has 0 radical (unpaired) electrons. The molecule has 0 fully saturated rings. The van der Waals surface area contributed by atoms with Crippen molar-refractivity contribution in [2.24, 2.45) is 5.92 Å². The number of hydrogen-bond acceptors (Lipinski definition) is 4. The van der Waals surface area contributed by atoms with Crippen molar-refractivity contribution in [3.63, 3.8) is 0 Å². The molecule has 0 bridgehead atoms. The number of aromatic hydroxyl groups is 1. The summed E-state index contributed by atoms with van der Waals surface area (Å²) in [6.07, 6.45) is 6.08. The van der Waals surface area contributed by atoms with E-state index in [-0.39, 0.29) is 18.3 Å². The fraction of sp³-hybridized carbons (Fsp3) is 0.611. The van der Waals surface area contributed by atoms with Crippen LogP contribution in [0.5, 0.6) is 11.5 Å². The average Bonchev–Trinajstić information content (AvgIpc) is 2.48. The molecule has 0 spiro atoms. The number of rotatable bonds is 10. The topological polar surface area (TPSA) is 55.8 Å². The van der Waals surface area contributed by atoms with E-state index in [1.807, 2.05) is 0 Å². The van der Waals surface area contributed by atoms with Crippen molar-refractivity contribution in [2.45, 2.75) is 59.0 Å². The lowest BCUT2D eigenvalue weighted by molar-refractivity contribution is -0.145. The standard InChI is InChI=1S/C18H28O4/c1-14(2)8-6-4-5-7-9-18(20)22-13-15-10-11-17(21-3)16(19)12-15/h10-12,14,19H,4-9,13H2,1-3H3. The molecule has 4 heteroatoms. The van der Waals surface area contributed by atoms with Crippen molar-refractivity contribution in [3.05, 3.63) is 23.8 Å². The van der Waals surface area contributed by atoms with Gasteiger partial charge in [-0.2, -0.15) is 0 Å². The lowest BCUT2D eigenvalue weighted by Gasteiger charge is -2.08. The summed E-state index contributed by atoms with van der Waals surface area (Å²) in [6, 6.07) is 4.99. The minimum atomic E-state index is -0.181. The van der Waals surface area contributed by atoms with Gasteiger partial charge in [0.2, 0.25) is 0 Å². The Kier molecular flexibility index (Phi) is 8.41. The lowest BCUT2D eigenvalue weighted by atomic mass is 10.0. The van der Waals surface area contributed by atoms with Gasteiger partial charge in [-0.1, -0.05) is 45.6 Å². The second-order valence-corrected chi connectivity index (χ2v) is 6.01. The van der Waals surface area contributed by atoms with E-state index in [1.165, 1.54) is 26.4 Å². The van der Waals surface area contributed by atoms with Gasteiger partial charge in [-0.05, 0) is 30.0 Å². The van der Waals surface area contributed by atoms with Gasteiger partial charge in [0.05, 0.1) is 7.11 Å². The van der Waals surface area contributed by atoms with Crippen LogP contribution >= 0.6 is 0 Å². The molecule has 0 heterocycles. The summed E-state index contributed by atoms with van der Waals surface area (Å²) in [4.78, 5) is 11.7. The first kappa shape index (κ1) is 18.3. The monoisotopic (exact) mass is 308 g/mol. The summed E-state index contributed by atoms with van der Waals surface area (Å²) in [5, 5.41) is 9.65. The van der Waals surface area contributed by atoms with Crippen molar-refractivity contribution in [3.8, 4) is 11.5 Å². The number of methoxy groups -OCH3 is 1. The fourth-order valence-corrected chi connectivity index (χ4v) is 2.24. The maximum Gasteiger partial charge on any atom is 0.306 e. The molecule has 1 aromatic rings. The number of phenols is 1. The second kappa shape index (κ2) is 10.1. The van der Waals surface area contributed by atoms with E-state index in [2.05, 4.69) is 13.8 Å². The third-order valence-corrected chi connectivity index (χ3v) is 3.56. The van der Waals surface area contributed by atoms with E-state index in [0.29, 0.717) is 12.2 Å². The number of hydrogen-bond donors (Lipinski definition) is 1. The third kappa shape index (κ3) is 7.34. The molecule has 0 atom stereocenters. The summed E-state index contributed by atoms with van der Waals surface area (Å²) in [7, 11) is 1.50. The maximum atomic E-state index is 11.7. The molecule has 0 amide bonds. The van der Waals surface area contributed by atoms with Gasteiger partial charge in [0.15, 0.2) is 11.5 Å². The van der Waals surface area contributed by atoms with Gasteiger partial charge in [-0.3, -0.25) is 4.79 Å². The van der Waals surface area contributed by atoms with Crippen LogP contribution in [-0.4, -0.2) is 18.2 Å². The zero-order valence-electron chi connectivity index (χ0n) is 13.9. The van der Waals surface area contributed by atoms with Crippen LogP contribution in [0.3, 0.4) is 0 Å². The highest BCUT2D eigenvalue weighted by Gasteiger charge is 2.06. The summed E-state index contributed by atoms with van der Waals surface area (Å²) < 4.78 is 10.2. The van der Waals surface area contributed by atoms with Crippen LogP contribution in [0, 0.1) is 5.92 Å². The Labute approximate surface area is 133 Å². The summed E-state index contributed by atoms with van der Waals surface area (Å²) >= 11 is 0. The molecule has 1 N–H and O–H groups in total. The first-order chi connectivity index (χ1) is 10.5. The van der Waals surface area contributed by atoms with E-state index in [0.717, 1.165) is 24.3 Å². The number of benzene rings is 1. The number of esters is 1. The number of carbonyl (C=O) groups excluding carboxylic acids is 1. The van der Waals surface area contributed by atoms with E-state index in [9.17, 15) is 9.90 Å². The Balaban J connectivity index is 2.16. The Morgan fingerprint density at radius 1 is 1.18 bits per heavy atom. The molecule has 0 aliphatic heterocycles. The average molecular weight is 308 g/mol. The van der Waals surface area contributed by atoms with Crippen molar-refractivity contribution in [1.82, 2.24) is 0 Å². The van der Waals surface area contributed by atoms with Crippen molar-refractivity contribution in [2.75, 3.05) is 7.11 Å². The molecule has 0 aromatic heterocycles. The summed E-state index contributed by atoms with van der Waals surface area (Å²) in [5.74, 6) is 1.04. The smallest absolute Gasteiger partial charge is 0.306 e. The van der Waals surface area contributed by atoms with Crippen LogP contribution < -0.4 is 4.74 Å². The van der Waals surface area contributed by atoms with Crippen LogP contribution in [0.15, 0.2) is 18.2 Å². The predicted octanol–water partition coefficient (Wildman–Crippen LogP) is 4.44. The third-order valence-electron chi connectivity index (χ3n) is 3.56. The Hall–Kier alpha value is -1.71. The minimum Gasteiger partial charge on any atom is -0.504 e. The maximum absolute atomic E-state index is 11.7. The molecule has 1 aromatic carbocycles. The number of ether oxygens (including phenoxy) is 2. The second-order valence-electron chi connectivity index (χ2n) is 6.01. The van der Waals surface area contributed by atoms with E-state index < -0.39 is 0 Å². The highest BCUT2D eigenvalue weighted by molar-refractivity contribution is 5.69. The van der Waals surface area contributed by atoms with Gasteiger partial charge < -0.3 is 14.6 Å². The molecule has 124 valence electrons. The molecule has 4 nitrogen and oxygen atoms in total. The van der Waals surface area contributed by atoms with Crippen LogP contribution in [0.1, 0.15) is 57.9 Å². The number of unbranched alkanes of at least 4 members (excludes halogenated alkanes) is 3. The fourth-order valence-electron chi connectivity index (χ4n) is 2.24. The summed E-state index contributed by atoms with van der Waals surface area (Å²) in [6.45, 7) is 4.65. The molecule has 1 rings (SSSR count). The van der Waals surface area contributed by atoms with E-state index in [1.54, 1.807) is 18.2 Å². The molecule has 0 aliphatic rings. The van der Waals surface area contributed by atoms with Gasteiger partial charge in [0.1, 0.15) is 6.61 Å². The number of phenolic OH excluding ortho intramolecular Hbond substituents is 1. The first-order valence-corrected chi connectivity index (χ1v) is 8.04. The molecule has 0 aliphatic carbocycles. The highest BCUT2D eigenvalue weighted by Crippen LogP contribution is 2.26. The molecule has 0 saturated heterocycles. The Morgan fingerprint density at radius 3 is 2.55 bits per heavy atom. The largest absolute Gasteiger partial charge is 0.504 e. The van der Waals surface area contributed by atoms with Crippen LogP contribution in [0.2, 0.25) is 0 Å². The normalized spacial score (nSPS) is 10.7. The van der Waals surface area contributed by atoms with Crippen molar-refractivity contribution >= 4 is 5.97 Å². The molecular formula is C18H28O4. The van der Waals surface area contributed by atoms with Gasteiger partial charge >= 0.3 is 5.97 Å². The quantitative estimate of drug-likeness (QED) is 0.513. The molecule has 22 heavy (non-hydrogen) atoms. The minimum absolute atomic E-state index is 0.0567. The van der Waals surface area contributed by atoms with Crippen LogP contribution in [0.25, 0.3) is 0 Å². The van der Waals surface area contributed by atoms with E-state index >= 15 is 0 Å². The highest BCUT2D eigenvalue weighted by atomic mass is 16.5. The zero-order chi connectivity index (χ0) is 16.4.